The monoisotopic (exact) mass is 648 g/mol. The van der Waals surface area contributed by atoms with Crippen LogP contribution >= 0.6 is 11.6 Å². The number of hydrogen-bond acceptors (Lipinski definition) is 6. The maximum atomic E-state index is 12.9. The molecule has 238 valence electrons. The van der Waals surface area contributed by atoms with Crippen LogP contribution in [-0.4, -0.2) is 58.2 Å². The van der Waals surface area contributed by atoms with Crippen molar-refractivity contribution < 1.29 is 41.0 Å². The van der Waals surface area contributed by atoms with Crippen molar-refractivity contribution in [2.75, 3.05) is 28.6 Å². The number of benzene rings is 2. The predicted molar refractivity (Wildman–Crippen MR) is 151 cm³/mol. The molecule has 44 heavy (non-hydrogen) atoms. The summed E-state index contributed by atoms with van der Waals surface area (Å²) in [5.41, 5.74) is 0.350. The van der Waals surface area contributed by atoms with E-state index >= 15 is 0 Å². The number of carboxylic acid groups (broad SMARTS) is 1. The Morgan fingerprint density at radius 3 is 2.09 bits per heavy atom. The van der Waals surface area contributed by atoms with Gasteiger partial charge >= 0.3 is 24.4 Å². The normalized spacial score (nSPS) is 16.9. The van der Waals surface area contributed by atoms with E-state index in [9.17, 15) is 35.9 Å². The third-order valence-corrected chi connectivity index (χ3v) is 6.43. The average Bonchev–Trinajstić information content (AvgIpc) is 2.90. The molecule has 0 bridgehead atoms. The van der Waals surface area contributed by atoms with E-state index < -0.39 is 35.5 Å². The molecule has 2 atom stereocenters. The van der Waals surface area contributed by atoms with Crippen molar-refractivity contribution >= 4 is 40.7 Å². The Kier molecular flexibility index (Phi) is 10.9. The fraction of sp³-hybridized carbons (Fsp3) is 0.333. The zero-order valence-electron chi connectivity index (χ0n) is 23.1. The number of urea groups is 1. The number of halogens is 7. The first kappa shape index (κ1) is 34.2. The number of carbonyl (C=O) groups is 2. The summed E-state index contributed by atoms with van der Waals surface area (Å²) in [6.07, 6.45) is -8.02. The number of rotatable bonds is 5. The molecule has 0 spiro atoms. The Morgan fingerprint density at radius 1 is 1.00 bits per heavy atom. The van der Waals surface area contributed by atoms with Crippen molar-refractivity contribution in [1.82, 2.24) is 15.1 Å². The minimum atomic E-state index is -5.08. The molecule has 2 aromatic carbocycles. The lowest BCUT2D eigenvalue weighted by molar-refractivity contribution is -0.192. The summed E-state index contributed by atoms with van der Waals surface area (Å²) < 4.78 is 71.7. The molecular weight excluding hydrogens is 622 g/mol. The summed E-state index contributed by atoms with van der Waals surface area (Å²) >= 11 is 6.44. The number of nitrogens with one attached hydrogen (secondary N) is 3. The van der Waals surface area contributed by atoms with Gasteiger partial charge in [-0.05, 0) is 49.7 Å². The van der Waals surface area contributed by atoms with E-state index in [-0.39, 0.29) is 29.3 Å². The maximum Gasteiger partial charge on any atom is 0.490 e. The van der Waals surface area contributed by atoms with Crippen molar-refractivity contribution in [3.63, 3.8) is 0 Å². The van der Waals surface area contributed by atoms with Gasteiger partial charge < -0.3 is 26.0 Å². The van der Waals surface area contributed by atoms with E-state index in [1.807, 2.05) is 4.90 Å². The maximum absolute atomic E-state index is 12.9. The van der Waals surface area contributed by atoms with Gasteiger partial charge in [-0.15, -0.1) is 0 Å². The van der Waals surface area contributed by atoms with E-state index in [0.29, 0.717) is 30.0 Å². The summed E-state index contributed by atoms with van der Waals surface area (Å²) in [6, 6.07) is 10.8. The molecule has 1 aromatic heterocycles. The average molecular weight is 649 g/mol. The van der Waals surface area contributed by atoms with Gasteiger partial charge in [-0.25, -0.2) is 14.3 Å². The molecule has 1 saturated heterocycles. The Labute approximate surface area is 251 Å². The Balaban J connectivity index is 0.000000676. The van der Waals surface area contributed by atoms with Gasteiger partial charge in [0.05, 0.1) is 24.0 Å². The first-order valence-corrected chi connectivity index (χ1v) is 13.2. The topological polar surface area (TPSA) is 129 Å². The second-order valence-electron chi connectivity index (χ2n) is 9.84. The number of amides is 2. The summed E-state index contributed by atoms with van der Waals surface area (Å²) in [7, 11) is 0. The molecule has 1 aliphatic rings. The van der Waals surface area contributed by atoms with E-state index in [0.717, 1.165) is 12.1 Å². The molecular formula is C27H27ClF6N6O4. The smallest absolute Gasteiger partial charge is 0.475 e. The number of aliphatic carboxylic acids is 1. The second-order valence-corrected chi connectivity index (χ2v) is 10.2. The molecule has 17 heteroatoms. The summed E-state index contributed by atoms with van der Waals surface area (Å²) in [6.45, 7) is 5.63. The highest BCUT2D eigenvalue weighted by Crippen LogP contribution is 2.30. The van der Waals surface area contributed by atoms with E-state index in [4.69, 9.17) is 21.5 Å². The molecule has 3 aromatic rings. The first-order valence-electron chi connectivity index (χ1n) is 12.8. The Morgan fingerprint density at radius 2 is 1.55 bits per heavy atom. The number of nitrogens with zero attached hydrogens (tertiary/aromatic N) is 3. The minimum absolute atomic E-state index is 0.00207. The standard InChI is InChI=1S/C25H26ClF3N6O2.C2HF3O2/c1-15-12-34(13-16(2)31-15)21-11-30-35(23(36)22(21)26)14-17-5-3-7-19(9-17)32-24(37)33-20-8-4-6-18(10-20)25(27,28)29;3-2(4,5)1(6)7/h3-11,15-16,31H,12-14H2,1-2H3,(H2,32,33,37);(H,6,7). The number of hydrogen-bond donors (Lipinski definition) is 4. The van der Waals surface area contributed by atoms with Crippen molar-refractivity contribution in [3.05, 3.63) is 81.2 Å². The van der Waals surface area contributed by atoms with Gasteiger partial charge in [0.2, 0.25) is 0 Å². The number of alkyl halides is 6. The highest BCUT2D eigenvalue weighted by Gasteiger charge is 2.38. The fourth-order valence-corrected chi connectivity index (χ4v) is 4.57. The largest absolute Gasteiger partial charge is 0.490 e. The highest BCUT2D eigenvalue weighted by molar-refractivity contribution is 6.33. The Hall–Kier alpha value is -4.31. The van der Waals surface area contributed by atoms with Crippen LogP contribution in [0.25, 0.3) is 0 Å². The van der Waals surface area contributed by atoms with Gasteiger partial charge in [0.1, 0.15) is 5.02 Å². The van der Waals surface area contributed by atoms with Crippen molar-refractivity contribution in [1.29, 1.82) is 0 Å². The summed E-state index contributed by atoms with van der Waals surface area (Å²) in [5.74, 6) is -2.76. The molecule has 2 amide bonds. The van der Waals surface area contributed by atoms with Crippen LogP contribution in [0.5, 0.6) is 0 Å². The lowest BCUT2D eigenvalue weighted by Gasteiger charge is -2.37. The third-order valence-electron chi connectivity index (χ3n) is 6.07. The van der Waals surface area contributed by atoms with Crippen molar-refractivity contribution in [3.8, 4) is 0 Å². The van der Waals surface area contributed by atoms with Gasteiger partial charge in [-0.3, -0.25) is 4.79 Å². The van der Waals surface area contributed by atoms with E-state index in [2.05, 4.69) is 34.9 Å². The van der Waals surface area contributed by atoms with Crippen LogP contribution in [0.4, 0.5) is 48.2 Å². The molecule has 4 N–H and O–H groups in total. The van der Waals surface area contributed by atoms with Crippen LogP contribution in [0, 0.1) is 0 Å². The number of carbonyl (C=O) groups excluding carboxylic acids is 1. The molecule has 1 fully saturated rings. The van der Waals surface area contributed by atoms with Gasteiger partial charge in [-0.1, -0.05) is 29.8 Å². The van der Waals surface area contributed by atoms with Crippen LogP contribution in [0.1, 0.15) is 25.0 Å². The number of piperazine rings is 1. The van der Waals surface area contributed by atoms with E-state index in [1.54, 1.807) is 30.5 Å². The zero-order chi connectivity index (χ0) is 32.8. The molecule has 1 aliphatic heterocycles. The molecule has 10 nitrogen and oxygen atoms in total. The number of carboxylic acids is 1. The molecule has 0 aliphatic carbocycles. The van der Waals surface area contributed by atoms with Crippen LogP contribution in [0.2, 0.25) is 5.02 Å². The number of anilines is 3. The highest BCUT2D eigenvalue weighted by atomic mass is 35.5. The van der Waals surface area contributed by atoms with E-state index in [1.165, 1.54) is 16.8 Å². The van der Waals surface area contributed by atoms with Crippen LogP contribution in [0.3, 0.4) is 0 Å². The molecule has 2 unspecified atom stereocenters. The Bertz CT molecular complexity index is 1540. The van der Waals surface area contributed by atoms with Crippen LogP contribution < -0.4 is 26.4 Å². The summed E-state index contributed by atoms with van der Waals surface area (Å²) in [4.78, 5) is 36.2. The van der Waals surface area contributed by atoms with Crippen LogP contribution in [-0.2, 0) is 17.5 Å². The lowest BCUT2D eigenvalue weighted by atomic mass is 10.1. The zero-order valence-corrected chi connectivity index (χ0v) is 23.9. The predicted octanol–water partition coefficient (Wildman–Crippen LogP) is 5.43. The lowest BCUT2D eigenvalue weighted by Crippen LogP contribution is -2.54. The summed E-state index contributed by atoms with van der Waals surface area (Å²) in [5, 5.41) is 19.9. The molecule has 0 radical (unpaired) electrons. The third kappa shape index (κ3) is 9.60. The van der Waals surface area contributed by atoms with Crippen molar-refractivity contribution in [2.45, 2.75) is 44.8 Å². The molecule has 2 heterocycles. The first-order chi connectivity index (χ1) is 20.4. The quantitative estimate of drug-likeness (QED) is 0.272. The van der Waals surface area contributed by atoms with Gasteiger partial charge in [0.15, 0.2) is 0 Å². The number of aromatic nitrogens is 2. The van der Waals surface area contributed by atoms with Crippen molar-refractivity contribution in [2.24, 2.45) is 0 Å². The molecule has 0 saturated carbocycles. The SMILES string of the molecule is CC1CN(c2cnn(Cc3cccc(NC(=O)Nc4cccc(C(F)(F)F)c4)c3)c(=O)c2Cl)CC(C)N1.O=C(O)C(F)(F)F. The second kappa shape index (κ2) is 14.0. The fourth-order valence-electron chi connectivity index (χ4n) is 4.30. The van der Waals surface area contributed by atoms with Gasteiger partial charge in [0.25, 0.3) is 5.56 Å². The molecule has 4 rings (SSSR count). The van der Waals surface area contributed by atoms with Gasteiger partial charge in [-0.2, -0.15) is 31.4 Å². The van der Waals surface area contributed by atoms with Crippen LogP contribution in [0.15, 0.2) is 59.5 Å². The van der Waals surface area contributed by atoms with Gasteiger partial charge in [0, 0.05) is 36.5 Å². The minimum Gasteiger partial charge on any atom is -0.475 e.